The Morgan fingerprint density at radius 1 is 1.37 bits per heavy atom. The first-order valence-corrected chi connectivity index (χ1v) is 6.47. The van der Waals surface area contributed by atoms with Crippen molar-refractivity contribution in [3.05, 3.63) is 33.9 Å². The van der Waals surface area contributed by atoms with Gasteiger partial charge in [0.25, 0.3) is 5.69 Å². The normalized spacial score (nSPS) is 12.5. The lowest BCUT2D eigenvalue weighted by Crippen LogP contribution is -2.30. The van der Waals surface area contributed by atoms with E-state index in [9.17, 15) is 15.2 Å². The molecule has 0 saturated heterocycles. The van der Waals surface area contributed by atoms with Gasteiger partial charge in [0.05, 0.1) is 11.5 Å². The van der Waals surface area contributed by atoms with Crippen molar-refractivity contribution >= 4 is 11.4 Å². The summed E-state index contributed by atoms with van der Waals surface area (Å²) in [4.78, 5) is 12.4. The summed E-state index contributed by atoms with van der Waals surface area (Å²) >= 11 is 0. The van der Waals surface area contributed by atoms with Gasteiger partial charge in [-0.05, 0) is 25.3 Å². The Morgan fingerprint density at radius 2 is 2.00 bits per heavy atom. The van der Waals surface area contributed by atoms with E-state index in [2.05, 4.69) is 25.7 Å². The average molecular weight is 266 g/mol. The summed E-state index contributed by atoms with van der Waals surface area (Å²) in [6.07, 6.45) is 1.03. The first-order chi connectivity index (χ1) is 8.86. The Bertz CT molecular complexity index is 446. The molecule has 5 heteroatoms. The van der Waals surface area contributed by atoms with E-state index in [1.807, 2.05) is 7.05 Å². The summed E-state index contributed by atoms with van der Waals surface area (Å²) in [6.45, 7) is 6.23. The van der Waals surface area contributed by atoms with E-state index in [0.29, 0.717) is 17.5 Å². The molecule has 1 rings (SSSR count). The van der Waals surface area contributed by atoms with Crippen LogP contribution in [-0.2, 0) is 6.61 Å². The summed E-state index contributed by atoms with van der Waals surface area (Å²) in [5.41, 5.74) is 1.45. The van der Waals surface area contributed by atoms with Gasteiger partial charge in [-0.25, -0.2) is 0 Å². The smallest absolute Gasteiger partial charge is 0.269 e. The second-order valence-corrected chi connectivity index (χ2v) is 5.32. The summed E-state index contributed by atoms with van der Waals surface area (Å²) in [6, 6.07) is 4.94. The van der Waals surface area contributed by atoms with E-state index in [4.69, 9.17) is 0 Å². The molecule has 0 amide bonds. The Kier molecular flexibility index (Phi) is 5.30. The number of non-ortho nitro benzene ring substituents is 1. The molecule has 0 bridgehead atoms. The predicted molar refractivity (Wildman–Crippen MR) is 76.3 cm³/mol. The molecule has 0 spiro atoms. The third-order valence-corrected chi connectivity index (χ3v) is 3.30. The van der Waals surface area contributed by atoms with Crippen LogP contribution in [0.2, 0.25) is 0 Å². The molecule has 0 heterocycles. The van der Waals surface area contributed by atoms with Crippen molar-refractivity contribution < 1.29 is 10.0 Å². The van der Waals surface area contributed by atoms with Gasteiger partial charge in [0.15, 0.2) is 0 Å². The number of benzene rings is 1. The zero-order valence-corrected chi connectivity index (χ0v) is 12.0. The zero-order chi connectivity index (χ0) is 14.6. The summed E-state index contributed by atoms with van der Waals surface area (Å²) < 4.78 is 0. The Hall–Kier alpha value is -1.62. The van der Waals surface area contributed by atoms with Crippen LogP contribution >= 0.6 is 0 Å². The highest BCUT2D eigenvalue weighted by Crippen LogP contribution is 2.27. The number of nitro benzene ring substituents is 1. The molecule has 0 radical (unpaired) electrons. The number of hydrogen-bond acceptors (Lipinski definition) is 4. The third-order valence-electron chi connectivity index (χ3n) is 3.30. The molecule has 0 fully saturated rings. The lowest BCUT2D eigenvalue weighted by atomic mass is 10.0. The van der Waals surface area contributed by atoms with Crippen molar-refractivity contribution in [3.8, 4) is 0 Å². The number of anilines is 1. The maximum atomic E-state index is 10.7. The fourth-order valence-electron chi connectivity index (χ4n) is 2.23. The monoisotopic (exact) mass is 266 g/mol. The minimum atomic E-state index is -0.444. The minimum absolute atomic E-state index is 0.0118. The van der Waals surface area contributed by atoms with Crippen molar-refractivity contribution in [1.29, 1.82) is 0 Å². The first kappa shape index (κ1) is 15.4. The highest BCUT2D eigenvalue weighted by atomic mass is 16.6. The van der Waals surface area contributed by atoms with Crippen LogP contribution in [0.1, 0.15) is 32.8 Å². The predicted octanol–water partition coefficient (Wildman–Crippen LogP) is 2.96. The van der Waals surface area contributed by atoms with Gasteiger partial charge in [0, 0.05) is 36.5 Å². The molecular weight excluding hydrogens is 244 g/mol. The molecule has 0 aliphatic heterocycles. The first-order valence-electron chi connectivity index (χ1n) is 6.47. The number of rotatable bonds is 6. The summed E-state index contributed by atoms with van der Waals surface area (Å²) in [5.74, 6) is 0.577. The van der Waals surface area contributed by atoms with E-state index >= 15 is 0 Å². The largest absolute Gasteiger partial charge is 0.392 e. The molecule has 0 aliphatic carbocycles. The minimum Gasteiger partial charge on any atom is -0.392 e. The topological polar surface area (TPSA) is 66.6 Å². The van der Waals surface area contributed by atoms with E-state index in [0.717, 1.165) is 12.1 Å². The molecule has 1 aromatic carbocycles. The number of aliphatic hydroxyl groups is 1. The molecule has 1 atom stereocenters. The molecular formula is C14H22N2O3. The van der Waals surface area contributed by atoms with Crippen LogP contribution in [0.3, 0.4) is 0 Å². The molecule has 1 aromatic rings. The zero-order valence-electron chi connectivity index (χ0n) is 12.0. The van der Waals surface area contributed by atoms with Crippen molar-refractivity contribution in [2.24, 2.45) is 5.92 Å². The number of aliphatic hydroxyl groups excluding tert-OH is 1. The van der Waals surface area contributed by atoms with Crippen LogP contribution in [-0.4, -0.2) is 23.1 Å². The van der Waals surface area contributed by atoms with Gasteiger partial charge in [-0.2, -0.15) is 0 Å². The number of nitro groups is 1. The maximum Gasteiger partial charge on any atom is 0.269 e. The Labute approximate surface area is 114 Å². The van der Waals surface area contributed by atoms with Gasteiger partial charge in [0.2, 0.25) is 0 Å². The summed E-state index contributed by atoms with van der Waals surface area (Å²) in [5, 5.41) is 20.1. The van der Waals surface area contributed by atoms with Crippen LogP contribution in [0.25, 0.3) is 0 Å². The van der Waals surface area contributed by atoms with Crippen molar-refractivity contribution in [3.63, 3.8) is 0 Å². The van der Waals surface area contributed by atoms with Gasteiger partial charge >= 0.3 is 0 Å². The molecule has 0 aromatic heterocycles. The summed E-state index contributed by atoms with van der Waals surface area (Å²) in [7, 11) is 1.95. The van der Waals surface area contributed by atoms with Gasteiger partial charge < -0.3 is 10.0 Å². The lowest BCUT2D eigenvalue weighted by Gasteiger charge is -2.29. The third kappa shape index (κ3) is 3.92. The Balaban J connectivity index is 3.02. The van der Waals surface area contributed by atoms with E-state index in [-0.39, 0.29) is 12.3 Å². The van der Waals surface area contributed by atoms with Crippen molar-refractivity contribution in [2.75, 3.05) is 11.9 Å². The van der Waals surface area contributed by atoms with E-state index in [1.165, 1.54) is 12.1 Å². The van der Waals surface area contributed by atoms with Crippen LogP contribution in [0, 0.1) is 16.0 Å². The highest BCUT2D eigenvalue weighted by Gasteiger charge is 2.17. The fourth-order valence-corrected chi connectivity index (χ4v) is 2.23. The molecule has 1 unspecified atom stereocenters. The number of nitrogens with zero attached hydrogens (tertiary/aromatic N) is 2. The molecule has 0 saturated carbocycles. The van der Waals surface area contributed by atoms with Gasteiger partial charge in [-0.15, -0.1) is 0 Å². The standard InChI is InChI=1S/C14H22N2O3/c1-10(2)7-11(3)15(4)14-6-5-13(16(18)19)8-12(14)9-17/h5-6,8,10-11,17H,7,9H2,1-4H3. The molecule has 0 aliphatic rings. The molecule has 1 N–H and O–H groups in total. The fraction of sp³-hybridized carbons (Fsp3) is 0.571. The van der Waals surface area contributed by atoms with E-state index in [1.54, 1.807) is 6.07 Å². The van der Waals surface area contributed by atoms with Gasteiger partial charge in [-0.1, -0.05) is 13.8 Å². The van der Waals surface area contributed by atoms with Crippen LogP contribution in [0.4, 0.5) is 11.4 Å². The van der Waals surface area contributed by atoms with Crippen molar-refractivity contribution in [1.82, 2.24) is 0 Å². The van der Waals surface area contributed by atoms with Crippen molar-refractivity contribution in [2.45, 2.75) is 39.8 Å². The Morgan fingerprint density at radius 3 is 2.47 bits per heavy atom. The van der Waals surface area contributed by atoms with Crippen LogP contribution in [0.5, 0.6) is 0 Å². The molecule has 19 heavy (non-hydrogen) atoms. The molecule has 5 nitrogen and oxygen atoms in total. The van der Waals surface area contributed by atoms with Gasteiger partial charge in [0.1, 0.15) is 0 Å². The second kappa shape index (κ2) is 6.52. The molecule has 106 valence electrons. The van der Waals surface area contributed by atoms with Crippen LogP contribution < -0.4 is 4.90 Å². The lowest BCUT2D eigenvalue weighted by molar-refractivity contribution is -0.384. The maximum absolute atomic E-state index is 10.7. The SMILES string of the molecule is CC(C)CC(C)N(C)c1ccc([N+](=O)[O-])cc1CO. The van der Waals surface area contributed by atoms with Gasteiger partial charge in [-0.3, -0.25) is 10.1 Å². The van der Waals surface area contributed by atoms with E-state index < -0.39 is 4.92 Å². The van der Waals surface area contributed by atoms with Crippen LogP contribution in [0.15, 0.2) is 18.2 Å². The number of hydrogen-bond donors (Lipinski definition) is 1. The average Bonchev–Trinajstić information content (AvgIpc) is 2.36. The second-order valence-electron chi connectivity index (χ2n) is 5.32. The highest BCUT2D eigenvalue weighted by molar-refractivity contribution is 5.57. The quantitative estimate of drug-likeness (QED) is 0.635.